The molecule has 1 atom stereocenters. The third-order valence-corrected chi connectivity index (χ3v) is 4.76. The van der Waals surface area contributed by atoms with Crippen molar-refractivity contribution < 1.29 is 34.6 Å². The second-order valence-electron chi connectivity index (χ2n) is 3.87. The number of nitrogens with one attached hydrogen (secondary N) is 1. The Labute approximate surface area is 113 Å². The average molecular weight is 333 g/mol. The maximum atomic E-state index is 12.5. The van der Waals surface area contributed by atoms with Crippen LogP contribution in [0.3, 0.4) is 0 Å². The molecule has 1 rings (SSSR count). The fourth-order valence-electron chi connectivity index (χ4n) is 1.22. The van der Waals surface area contributed by atoms with Crippen molar-refractivity contribution in [2.75, 3.05) is 0 Å². The molecule has 0 aliphatic rings. The molecule has 2 N–H and O–H groups in total. The summed E-state index contributed by atoms with van der Waals surface area (Å²) in [4.78, 5) is -0.555. The summed E-state index contributed by atoms with van der Waals surface area (Å²) >= 11 is 0. The molecule has 0 aromatic heterocycles. The Kier molecular flexibility index (Phi) is 4.49. The van der Waals surface area contributed by atoms with Crippen molar-refractivity contribution in [2.24, 2.45) is 0 Å². The highest BCUT2D eigenvalue weighted by molar-refractivity contribution is 7.91. The minimum absolute atomic E-state index is 0.555. The summed E-state index contributed by atoms with van der Waals surface area (Å²) < 4.78 is 91.4. The van der Waals surface area contributed by atoms with Crippen molar-refractivity contribution in [3.05, 3.63) is 29.8 Å². The van der Waals surface area contributed by atoms with E-state index in [0.29, 0.717) is 5.56 Å². The van der Waals surface area contributed by atoms with Gasteiger partial charge in [-0.25, -0.2) is 8.42 Å². The highest BCUT2D eigenvalue weighted by atomic mass is 32.2. The molecule has 0 heterocycles. The maximum absolute atomic E-state index is 12.5. The smallest absolute Gasteiger partial charge is 0.284 e. The molecule has 20 heavy (non-hydrogen) atoms. The molecular formula is C9H10F3NO5S2. The lowest BCUT2D eigenvalue weighted by atomic mass is 10.2. The molecule has 0 saturated heterocycles. The zero-order valence-corrected chi connectivity index (χ0v) is 11.6. The lowest BCUT2D eigenvalue weighted by Crippen LogP contribution is -2.50. The van der Waals surface area contributed by atoms with Crippen LogP contribution in [0.25, 0.3) is 0 Å². The molecule has 0 aliphatic heterocycles. The van der Waals surface area contributed by atoms with Crippen molar-refractivity contribution in [1.29, 1.82) is 0 Å². The number of alkyl halides is 3. The molecule has 6 nitrogen and oxygen atoms in total. The number of aryl methyl sites for hydroxylation is 1. The van der Waals surface area contributed by atoms with Gasteiger partial charge in [-0.15, -0.1) is 0 Å². The van der Waals surface area contributed by atoms with Crippen molar-refractivity contribution in [3.63, 3.8) is 0 Å². The first-order valence-electron chi connectivity index (χ1n) is 4.96. The number of benzene rings is 1. The predicted octanol–water partition coefficient (Wildman–Crippen LogP) is 1.05. The molecule has 0 fully saturated rings. The summed E-state index contributed by atoms with van der Waals surface area (Å²) in [6.07, 6.45) is -5.49. The molecule has 0 bridgehead atoms. The molecular weight excluding hydrogens is 323 g/mol. The summed E-state index contributed by atoms with van der Waals surface area (Å²) in [7, 11) is -10.4. The summed E-state index contributed by atoms with van der Waals surface area (Å²) in [6.45, 7) is 1.63. The van der Waals surface area contributed by atoms with Crippen molar-refractivity contribution in [2.45, 2.75) is 23.4 Å². The van der Waals surface area contributed by atoms with Gasteiger partial charge >= 0.3 is 6.18 Å². The third-order valence-electron chi connectivity index (χ3n) is 2.19. The number of halogens is 3. The Morgan fingerprint density at radius 2 is 1.55 bits per heavy atom. The van der Waals surface area contributed by atoms with Gasteiger partial charge in [0.2, 0.25) is 15.4 Å². The van der Waals surface area contributed by atoms with E-state index in [-0.39, 0.29) is 0 Å². The molecule has 0 spiro atoms. The van der Waals surface area contributed by atoms with Crippen LogP contribution in [0.4, 0.5) is 13.2 Å². The standard InChI is InChI=1S/C9H10F3NO5S2/c1-6-2-4-7(5-3-6)19(14,15)13-8(9(10,11)12)20(16,17)18/h2-5,8,13H,1H3,(H,16,17,18). The van der Waals surface area contributed by atoms with Gasteiger partial charge in [0.05, 0.1) is 4.90 Å². The number of rotatable bonds is 4. The van der Waals surface area contributed by atoms with Crippen molar-refractivity contribution >= 4 is 20.1 Å². The van der Waals surface area contributed by atoms with Crippen LogP contribution in [0.5, 0.6) is 0 Å². The van der Waals surface area contributed by atoms with Gasteiger partial charge in [0.25, 0.3) is 10.1 Å². The summed E-state index contributed by atoms with van der Waals surface area (Å²) in [5.41, 5.74) is 0.658. The summed E-state index contributed by atoms with van der Waals surface area (Å²) in [6, 6.07) is 4.67. The van der Waals surface area contributed by atoms with E-state index in [1.54, 1.807) is 6.92 Å². The Hall–Kier alpha value is -1.17. The van der Waals surface area contributed by atoms with E-state index in [4.69, 9.17) is 4.55 Å². The normalized spacial score (nSPS) is 15.1. The first kappa shape index (κ1) is 16.9. The fourth-order valence-corrected chi connectivity index (χ4v) is 3.47. The molecule has 1 aromatic rings. The van der Waals surface area contributed by atoms with Gasteiger partial charge in [-0.3, -0.25) is 4.55 Å². The highest BCUT2D eigenvalue weighted by Gasteiger charge is 2.50. The zero-order valence-electron chi connectivity index (χ0n) is 9.92. The maximum Gasteiger partial charge on any atom is 0.421 e. The predicted molar refractivity (Wildman–Crippen MR) is 62.9 cm³/mol. The fraction of sp³-hybridized carbons (Fsp3) is 0.333. The van der Waals surface area contributed by atoms with Gasteiger partial charge in [0.1, 0.15) is 0 Å². The van der Waals surface area contributed by atoms with Crippen molar-refractivity contribution in [1.82, 2.24) is 4.72 Å². The van der Waals surface area contributed by atoms with Gasteiger partial charge in [0, 0.05) is 0 Å². The van der Waals surface area contributed by atoms with Gasteiger partial charge in [-0.1, -0.05) is 17.7 Å². The van der Waals surface area contributed by atoms with Crippen molar-refractivity contribution in [3.8, 4) is 0 Å². The largest absolute Gasteiger partial charge is 0.421 e. The topological polar surface area (TPSA) is 101 Å². The minimum atomic E-state index is -5.69. The van der Waals surface area contributed by atoms with Gasteiger partial charge < -0.3 is 0 Å². The van der Waals surface area contributed by atoms with E-state index in [0.717, 1.165) is 16.9 Å². The lowest BCUT2D eigenvalue weighted by molar-refractivity contribution is -0.133. The third kappa shape index (κ3) is 4.16. The summed E-state index contributed by atoms with van der Waals surface area (Å²) in [5, 5.41) is -3.62. The van der Waals surface area contributed by atoms with Crippen LogP contribution in [-0.4, -0.2) is 32.9 Å². The second kappa shape index (κ2) is 5.31. The van der Waals surface area contributed by atoms with Crippen LogP contribution < -0.4 is 4.72 Å². The molecule has 11 heteroatoms. The number of hydrogen-bond acceptors (Lipinski definition) is 4. The molecule has 1 unspecified atom stereocenters. The quantitative estimate of drug-likeness (QED) is 0.802. The molecule has 114 valence electrons. The Morgan fingerprint density at radius 3 is 1.90 bits per heavy atom. The van der Waals surface area contributed by atoms with Crippen LogP contribution in [0.2, 0.25) is 0 Å². The highest BCUT2D eigenvalue weighted by Crippen LogP contribution is 2.25. The SMILES string of the molecule is Cc1ccc(S(=O)(=O)NC(C(F)(F)F)S(=O)(=O)O)cc1. The van der Waals surface area contributed by atoms with Gasteiger partial charge in [-0.05, 0) is 19.1 Å². The van der Waals surface area contributed by atoms with Crippen LogP contribution in [-0.2, 0) is 20.1 Å². The van der Waals surface area contributed by atoms with E-state index in [2.05, 4.69) is 0 Å². The second-order valence-corrected chi connectivity index (χ2v) is 7.09. The Balaban J connectivity index is 3.20. The average Bonchev–Trinajstić information content (AvgIpc) is 2.23. The van der Waals surface area contributed by atoms with Crippen LogP contribution >= 0.6 is 0 Å². The molecule has 0 saturated carbocycles. The van der Waals surface area contributed by atoms with E-state index < -0.39 is 36.6 Å². The Morgan fingerprint density at radius 1 is 1.10 bits per heavy atom. The zero-order chi connectivity index (χ0) is 15.8. The van der Waals surface area contributed by atoms with Gasteiger partial charge in [0.15, 0.2) is 0 Å². The molecule has 0 aliphatic carbocycles. The first-order chi connectivity index (χ1) is 8.84. The van der Waals surface area contributed by atoms with E-state index >= 15 is 0 Å². The monoisotopic (exact) mass is 333 g/mol. The van der Waals surface area contributed by atoms with E-state index in [9.17, 15) is 30.0 Å². The molecule has 0 amide bonds. The number of sulfonamides is 1. The van der Waals surface area contributed by atoms with Crippen LogP contribution in [0, 0.1) is 6.92 Å². The van der Waals surface area contributed by atoms with E-state index in [1.165, 1.54) is 12.1 Å². The lowest BCUT2D eigenvalue weighted by Gasteiger charge is -2.18. The first-order valence-corrected chi connectivity index (χ1v) is 7.95. The molecule has 1 aromatic carbocycles. The summed E-state index contributed by atoms with van der Waals surface area (Å²) in [5.74, 6) is 0. The van der Waals surface area contributed by atoms with Gasteiger partial charge in [-0.2, -0.15) is 26.3 Å². The minimum Gasteiger partial charge on any atom is -0.284 e. The Bertz CT molecular complexity index is 679. The van der Waals surface area contributed by atoms with E-state index in [1.807, 2.05) is 0 Å². The van der Waals surface area contributed by atoms with Crippen LogP contribution in [0.15, 0.2) is 29.2 Å². The molecule has 0 radical (unpaired) electrons. The number of hydrogen-bond donors (Lipinski definition) is 2. The van der Waals surface area contributed by atoms with Crippen LogP contribution in [0.1, 0.15) is 5.56 Å².